The van der Waals surface area contributed by atoms with Crippen molar-refractivity contribution < 1.29 is 9.90 Å². The zero-order valence-electron chi connectivity index (χ0n) is 10.3. The maximum Gasteiger partial charge on any atom is 0.255 e. The van der Waals surface area contributed by atoms with Gasteiger partial charge in [0.1, 0.15) is 10.7 Å². The molecule has 2 aromatic rings. The smallest absolute Gasteiger partial charge is 0.255 e. The lowest BCUT2D eigenvalue weighted by Gasteiger charge is -2.11. The number of nitrogens with two attached hydrogens (primary N) is 1. The van der Waals surface area contributed by atoms with Gasteiger partial charge >= 0.3 is 0 Å². The van der Waals surface area contributed by atoms with Crippen molar-refractivity contribution >= 4 is 40.4 Å². The number of hydrogen-bond acceptors (Lipinski definition) is 3. The fourth-order valence-electron chi connectivity index (χ4n) is 1.68. The molecule has 0 bridgehead atoms. The first-order chi connectivity index (χ1) is 9.47. The van der Waals surface area contributed by atoms with Crippen LogP contribution in [-0.2, 0) is 0 Å². The topological polar surface area (TPSA) is 75.3 Å². The quantitative estimate of drug-likeness (QED) is 0.762. The van der Waals surface area contributed by atoms with Crippen molar-refractivity contribution in [3.63, 3.8) is 0 Å². The van der Waals surface area contributed by atoms with Gasteiger partial charge in [-0.2, -0.15) is 0 Å². The van der Waals surface area contributed by atoms with E-state index in [2.05, 4.69) is 5.32 Å². The van der Waals surface area contributed by atoms with Crippen molar-refractivity contribution in [1.82, 2.24) is 0 Å². The van der Waals surface area contributed by atoms with Gasteiger partial charge in [-0.05, 0) is 36.4 Å². The first-order valence-electron chi connectivity index (χ1n) is 5.67. The summed E-state index contributed by atoms with van der Waals surface area (Å²) in [4.78, 5) is 12.3. The summed E-state index contributed by atoms with van der Waals surface area (Å²) in [6.07, 6.45) is 0. The second-order valence-corrected chi connectivity index (χ2v) is 4.93. The number of carbonyl (C=O) groups is 1. The summed E-state index contributed by atoms with van der Waals surface area (Å²) in [7, 11) is 0. The highest BCUT2D eigenvalue weighted by Crippen LogP contribution is 2.22. The molecule has 0 aliphatic heterocycles. The standard InChI is InChI=1S/C14H11ClN2O2S/c15-9-4-5-11(13(16)20)12(7-9)17-14(19)8-2-1-3-10(18)6-8/h1-7,18H,(H2,16,20)(H,17,19). The Kier molecular flexibility index (Phi) is 4.22. The van der Waals surface area contributed by atoms with E-state index in [0.29, 0.717) is 21.8 Å². The molecule has 0 atom stereocenters. The molecule has 0 unspecified atom stereocenters. The fourth-order valence-corrected chi connectivity index (χ4v) is 2.03. The van der Waals surface area contributed by atoms with Gasteiger partial charge in [0.2, 0.25) is 0 Å². The molecule has 0 aliphatic rings. The van der Waals surface area contributed by atoms with Gasteiger partial charge in [0, 0.05) is 16.1 Å². The van der Waals surface area contributed by atoms with Crippen LogP contribution in [0.5, 0.6) is 5.75 Å². The van der Waals surface area contributed by atoms with E-state index < -0.39 is 0 Å². The van der Waals surface area contributed by atoms with Crippen LogP contribution in [0.2, 0.25) is 5.02 Å². The summed E-state index contributed by atoms with van der Waals surface area (Å²) in [5, 5.41) is 12.5. The minimum atomic E-state index is -0.388. The summed E-state index contributed by atoms with van der Waals surface area (Å²) in [5.41, 5.74) is 6.87. The van der Waals surface area contributed by atoms with Gasteiger partial charge in [-0.15, -0.1) is 0 Å². The molecule has 6 heteroatoms. The molecule has 20 heavy (non-hydrogen) atoms. The fraction of sp³-hybridized carbons (Fsp3) is 0. The Bertz CT molecular complexity index is 689. The molecule has 2 aromatic carbocycles. The van der Waals surface area contributed by atoms with Crippen LogP contribution < -0.4 is 11.1 Å². The Labute approximate surface area is 126 Å². The molecule has 4 nitrogen and oxygen atoms in total. The highest BCUT2D eigenvalue weighted by Gasteiger charge is 2.11. The lowest BCUT2D eigenvalue weighted by molar-refractivity contribution is 0.102. The van der Waals surface area contributed by atoms with Gasteiger partial charge in [0.05, 0.1) is 5.69 Å². The zero-order valence-corrected chi connectivity index (χ0v) is 11.8. The number of amides is 1. The molecule has 0 radical (unpaired) electrons. The number of carbonyl (C=O) groups excluding carboxylic acids is 1. The molecule has 4 N–H and O–H groups in total. The largest absolute Gasteiger partial charge is 0.508 e. The number of phenols is 1. The summed E-state index contributed by atoms with van der Waals surface area (Å²) in [5.74, 6) is -0.376. The molecule has 102 valence electrons. The normalized spacial score (nSPS) is 10.1. The second kappa shape index (κ2) is 5.90. The van der Waals surface area contributed by atoms with Gasteiger partial charge in [0.25, 0.3) is 5.91 Å². The molecule has 0 heterocycles. The van der Waals surface area contributed by atoms with E-state index >= 15 is 0 Å². The second-order valence-electron chi connectivity index (χ2n) is 4.06. The number of thiocarbonyl (C=S) groups is 1. The van der Waals surface area contributed by atoms with Crippen LogP contribution in [-0.4, -0.2) is 16.0 Å². The van der Waals surface area contributed by atoms with E-state index in [0.717, 1.165) is 0 Å². The Hall–Kier alpha value is -2.11. The highest BCUT2D eigenvalue weighted by molar-refractivity contribution is 7.80. The number of hydrogen-bond donors (Lipinski definition) is 3. The van der Waals surface area contributed by atoms with E-state index in [1.165, 1.54) is 12.1 Å². The third kappa shape index (κ3) is 3.26. The summed E-state index contributed by atoms with van der Waals surface area (Å²) in [6.45, 7) is 0. The third-order valence-electron chi connectivity index (χ3n) is 2.60. The van der Waals surface area contributed by atoms with E-state index in [1.54, 1.807) is 30.3 Å². The Morgan fingerprint density at radius 3 is 2.65 bits per heavy atom. The molecule has 0 fully saturated rings. The molecular formula is C14H11ClN2O2S. The zero-order chi connectivity index (χ0) is 14.7. The minimum absolute atomic E-state index is 0.0123. The van der Waals surface area contributed by atoms with E-state index in [4.69, 9.17) is 29.6 Å². The molecule has 0 aromatic heterocycles. The number of phenolic OH excluding ortho intramolecular Hbond substituents is 1. The van der Waals surface area contributed by atoms with Gasteiger partial charge in [-0.3, -0.25) is 4.79 Å². The van der Waals surface area contributed by atoms with Crippen molar-refractivity contribution in [2.45, 2.75) is 0 Å². The predicted molar refractivity (Wildman–Crippen MR) is 83.4 cm³/mol. The van der Waals surface area contributed by atoms with Crippen molar-refractivity contribution in [2.24, 2.45) is 5.73 Å². The van der Waals surface area contributed by atoms with Crippen molar-refractivity contribution in [3.05, 3.63) is 58.6 Å². The maximum absolute atomic E-state index is 12.1. The number of anilines is 1. The maximum atomic E-state index is 12.1. The summed E-state index contributed by atoms with van der Waals surface area (Å²) in [6, 6.07) is 10.9. The van der Waals surface area contributed by atoms with Crippen molar-refractivity contribution in [2.75, 3.05) is 5.32 Å². The van der Waals surface area contributed by atoms with Gasteiger partial charge < -0.3 is 16.2 Å². The van der Waals surface area contributed by atoms with Crippen LogP contribution in [0, 0.1) is 0 Å². The monoisotopic (exact) mass is 306 g/mol. The third-order valence-corrected chi connectivity index (χ3v) is 3.06. The van der Waals surface area contributed by atoms with Gasteiger partial charge in [0.15, 0.2) is 0 Å². The van der Waals surface area contributed by atoms with Gasteiger partial charge in [-0.25, -0.2) is 0 Å². The Morgan fingerprint density at radius 1 is 1.25 bits per heavy atom. The molecular weight excluding hydrogens is 296 g/mol. The number of aromatic hydroxyl groups is 1. The average Bonchev–Trinajstić information content (AvgIpc) is 2.38. The summed E-state index contributed by atoms with van der Waals surface area (Å²) >= 11 is 10.8. The predicted octanol–water partition coefficient (Wildman–Crippen LogP) is 2.93. The van der Waals surface area contributed by atoms with Gasteiger partial charge in [-0.1, -0.05) is 29.9 Å². The first kappa shape index (κ1) is 14.3. The highest BCUT2D eigenvalue weighted by atomic mass is 35.5. The van der Waals surface area contributed by atoms with Crippen LogP contribution in [0.1, 0.15) is 15.9 Å². The lowest BCUT2D eigenvalue weighted by atomic mass is 10.1. The molecule has 0 saturated carbocycles. The Balaban J connectivity index is 2.32. The number of rotatable bonds is 3. The SMILES string of the molecule is NC(=S)c1ccc(Cl)cc1NC(=O)c1cccc(O)c1. The van der Waals surface area contributed by atoms with E-state index in [1.807, 2.05) is 0 Å². The molecule has 0 saturated heterocycles. The van der Waals surface area contributed by atoms with Crippen molar-refractivity contribution in [1.29, 1.82) is 0 Å². The van der Waals surface area contributed by atoms with Crippen molar-refractivity contribution in [3.8, 4) is 5.75 Å². The van der Waals surface area contributed by atoms with Crippen LogP contribution in [0.3, 0.4) is 0 Å². The average molecular weight is 307 g/mol. The molecule has 0 aliphatic carbocycles. The van der Waals surface area contributed by atoms with E-state index in [9.17, 15) is 9.90 Å². The summed E-state index contributed by atoms with van der Waals surface area (Å²) < 4.78 is 0. The van der Waals surface area contributed by atoms with Crippen LogP contribution in [0.15, 0.2) is 42.5 Å². The lowest BCUT2D eigenvalue weighted by Crippen LogP contribution is -2.17. The first-order valence-corrected chi connectivity index (χ1v) is 6.46. The van der Waals surface area contributed by atoms with E-state index in [-0.39, 0.29) is 16.6 Å². The molecule has 2 rings (SSSR count). The number of halogens is 1. The van der Waals surface area contributed by atoms with Crippen LogP contribution in [0.4, 0.5) is 5.69 Å². The number of benzene rings is 2. The molecule has 1 amide bonds. The van der Waals surface area contributed by atoms with Crippen LogP contribution in [0.25, 0.3) is 0 Å². The van der Waals surface area contributed by atoms with Crippen LogP contribution >= 0.6 is 23.8 Å². The molecule has 0 spiro atoms. The number of nitrogens with one attached hydrogen (secondary N) is 1. The minimum Gasteiger partial charge on any atom is -0.508 e. The Morgan fingerprint density at radius 2 is 2.00 bits per heavy atom.